The van der Waals surface area contributed by atoms with Crippen LogP contribution in [-0.4, -0.2) is 53.1 Å². The number of sulfonamides is 1. The fourth-order valence-corrected chi connectivity index (χ4v) is 5.04. The predicted molar refractivity (Wildman–Crippen MR) is 85.9 cm³/mol. The predicted octanol–water partition coefficient (Wildman–Crippen LogP) is 1.43. The highest BCUT2D eigenvalue weighted by molar-refractivity contribution is 8.00. The zero-order valence-electron chi connectivity index (χ0n) is 12.8. The van der Waals surface area contributed by atoms with Crippen molar-refractivity contribution in [3.05, 3.63) is 11.8 Å². The molecule has 2 N–H and O–H groups in total. The molecule has 1 aliphatic rings. The van der Waals surface area contributed by atoms with E-state index in [-0.39, 0.29) is 9.77 Å². The number of aromatic nitrogens is 2. The van der Waals surface area contributed by atoms with Crippen molar-refractivity contribution in [3.63, 3.8) is 0 Å². The Labute approximate surface area is 131 Å². The number of nitrogens with one attached hydrogen (secondary N) is 2. The van der Waals surface area contributed by atoms with Crippen LogP contribution in [0.15, 0.2) is 11.2 Å². The maximum Gasteiger partial charge on any atom is 0.260 e. The second-order valence-corrected chi connectivity index (χ2v) is 9.44. The molecule has 0 spiro atoms. The zero-order valence-corrected chi connectivity index (χ0v) is 14.5. The number of hydrogen-bond donors (Lipinski definition) is 2. The Balaban J connectivity index is 2.20. The first kappa shape index (κ1) is 16.8. The molecule has 0 aromatic carbocycles. The summed E-state index contributed by atoms with van der Waals surface area (Å²) in [5.41, 5.74) is 0.702. The van der Waals surface area contributed by atoms with E-state index >= 15 is 0 Å². The van der Waals surface area contributed by atoms with Crippen LogP contribution in [0, 0.1) is 0 Å². The van der Waals surface area contributed by atoms with Gasteiger partial charge in [-0.1, -0.05) is 20.8 Å². The summed E-state index contributed by atoms with van der Waals surface area (Å²) in [5.74, 6) is 0.822. The van der Waals surface area contributed by atoms with Gasteiger partial charge in [-0.2, -0.15) is 21.2 Å². The van der Waals surface area contributed by atoms with Crippen molar-refractivity contribution in [2.75, 3.05) is 25.4 Å². The lowest BCUT2D eigenvalue weighted by Gasteiger charge is -2.22. The molecular formula is C13H24N4O2S2. The molecule has 1 aromatic heterocycles. The standard InChI is InChI=1S/C13H24N4O2S2/c1-4-14-9-11-10-15-16-12(11)21(18,19)17-6-5-13(2,3)20-8-7-17/h10,14H,4-9H2,1-3H3,(H,15,16). The van der Waals surface area contributed by atoms with Gasteiger partial charge in [0.1, 0.15) is 0 Å². The van der Waals surface area contributed by atoms with E-state index in [0.717, 1.165) is 18.7 Å². The van der Waals surface area contributed by atoms with E-state index in [4.69, 9.17) is 0 Å². The van der Waals surface area contributed by atoms with Crippen molar-refractivity contribution in [1.29, 1.82) is 0 Å². The normalized spacial score (nSPS) is 20.3. The Kier molecular flexibility index (Phi) is 5.34. The highest BCUT2D eigenvalue weighted by atomic mass is 32.2. The van der Waals surface area contributed by atoms with Gasteiger partial charge in [-0.3, -0.25) is 5.10 Å². The molecule has 120 valence electrons. The molecule has 1 aliphatic heterocycles. The zero-order chi connectivity index (χ0) is 15.5. The van der Waals surface area contributed by atoms with Crippen LogP contribution in [0.25, 0.3) is 0 Å². The second kappa shape index (κ2) is 6.68. The fourth-order valence-electron chi connectivity index (χ4n) is 2.28. The van der Waals surface area contributed by atoms with Crippen LogP contribution in [0.2, 0.25) is 0 Å². The minimum atomic E-state index is -3.49. The molecule has 1 saturated heterocycles. The van der Waals surface area contributed by atoms with Crippen LogP contribution >= 0.6 is 11.8 Å². The minimum absolute atomic E-state index is 0.130. The molecule has 0 atom stereocenters. The van der Waals surface area contributed by atoms with E-state index in [1.807, 2.05) is 18.7 Å². The molecular weight excluding hydrogens is 308 g/mol. The number of thioether (sulfide) groups is 1. The first-order chi connectivity index (χ1) is 9.87. The lowest BCUT2D eigenvalue weighted by Crippen LogP contribution is -2.34. The molecule has 8 heteroatoms. The third-order valence-electron chi connectivity index (χ3n) is 3.64. The maximum absolute atomic E-state index is 12.8. The molecule has 0 unspecified atom stereocenters. The maximum atomic E-state index is 12.8. The quantitative estimate of drug-likeness (QED) is 0.853. The summed E-state index contributed by atoms with van der Waals surface area (Å²) < 4.78 is 27.3. The van der Waals surface area contributed by atoms with Crippen molar-refractivity contribution in [1.82, 2.24) is 19.8 Å². The molecule has 0 aliphatic carbocycles. The van der Waals surface area contributed by atoms with Crippen molar-refractivity contribution in [3.8, 4) is 0 Å². The molecule has 21 heavy (non-hydrogen) atoms. The molecule has 0 amide bonds. The van der Waals surface area contributed by atoms with Gasteiger partial charge in [0, 0.05) is 35.7 Å². The Morgan fingerprint density at radius 2 is 2.24 bits per heavy atom. The van der Waals surface area contributed by atoms with E-state index in [9.17, 15) is 8.42 Å². The SMILES string of the molecule is CCNCc1cn[nH]c1S(=O)(=O)N1CCSC(C)(C)CC1. The van der Waals surface area contributed by atoms with Gasteiger partial charge in [0.2, 0.25) is 0 Å². The van der Waals surface area contributed by atoms with Crippen molar-refractivity contribution >= 4 is 21.8 Å². The van der Waals surface area contributed by atoms with E-state index in [2.05, 4.69) is 29.4 Å². The van der Waals surface area contributed by atoms with Gasteiger partial charge >= 0.3 is 0 Å². The smallest absolute Gasteiger partial charge is 0.260 e. The highest BCUT2D eigenvalue weighted by Gasteiger charge is 2.32. The molecule has 0 saturated carbocycles. The van der Waals surface area contributed by atoms with E-state index < -0.39 is 10.0 Å². The summed E-state index contributed by atoms with van der Waals surface area (Å²) in [4.78, 5) is 0. The molecule has 1 aromatic rings. The fraction of sp³-hybridized carbons (Fsp3) is 0.769. The van der Waals surface area contributed by atoms with Gasteiger partial charge < -0.3 is 5.32 Å². The minimum Gasteiger partial charge on any atom is -0.313 e. The summed E-state index contributed by atoms with van der Waals surface area (Å²) in [7, 11) is -3.49. The van der Waals surface area contributed by atoms with Crippen LogP contribution in [0.4, 0.5) is 0 Å². The lowest BCUT2D eigenvalue weighted by molar-refractivity contribution is 0.412. The van der Waals surface area contributed by atoms with E-state index in [0.29, 0.717) is 25.2 Å². The van der Waals surface area contributed by atoms with Gasteiger partial charge in [0.05, 0.1) is 6.20 Å². The average molecular weight is 332 g/mol. The van der Waals surface area contributed by atoms with Crippen molar-refractivity contribution in [2.24, 2.45) is 0 Å². The Bertz CT molecular complexity index is 568. The number of nitrogens with zero attached hydrogens (tertiary/aromatic N) is 2. The molecule has 2 rings (SSSR count). The van der Waals surface area contributed by atoms with Crippen molar-refractivity contribution < 1.29 is 8.42 Å². The first-order valence-corrected chi connectivity index (χ1v) is 9.66. The number of aromatic amines is 1. The van der Waals surface area contributed by atoms with Gasteiger partial charge in [0.25, 0.3) is 10.0 Å². The number of rotatable bonds is 5. The van der Waals surface area contributed by atoms with Crippen LogP contribution in [0.1, 0.15) is 32.8 Å². The topological polar surface area (TPSA) is 78.1 Å². The molecule has 0 radical (unpaired) electrons. The largest absolute Gasteiger partial charge is 0.313 e. The Hall–Kier alpha value is -0.570. The van der Waals surface area contributed by atoms with Gasteiger partial charge in [-0.15, -0.1) is 0 Å². The summed E-state index contributed by atoms with van der Waals surface area (Å²) in [6, 6.07) is 0. The molecule has 2 heterocycles. The first-order valence-electron chi connectivity index (χ1n) is 7.24. The van der Waals surface area contributed by atoms with Gasteiger partial charge in [-0.05, 0) is 13.0 Å². The van der Waals surface area contributed by atoms with Crippen LogP contribution in [0.5, 0.6) is 0 Å². The molecule has 6 nitrogen and oxygen atoms in total. The van der Waals surface area contributed by atoms with E-state index in [1.54, 1.807) is 10.5 Å². The monoisotopic (exact) mass is 332 g/mol. The lowest BCUT2D eigenvalue weighted by atomic mass is 10.1. The Morgan fingerprint density at radius 1 is 1.48 bits per heavy atom. The molecule has 0 bridgehead atoms. The third kappa shape index (κ3) is 4.00. The average Bonchev–Trinajstić information content (AvgIpc) is 2.81. The second-order valence-electron chi connectivity index (χ2n) is 5.77. The van der Waals surface area contributed by atoms with Gasteiger partial charge in [-0.25, -0.2) is 8.42 Å². The van der Waals surface area contributed by atoms with Crippen LogP contribution in [0.3, 0.4) is 0 Å². The number of H-pyrrole nitrogens is 1. The van der Waals surface area contributed by atoms with Gasteiger partial charge in [0.15, 0.2) is 5.03 Å². The summed E-state index contributed by atoms with van der Waals surface area (Å²) >= 11 is 1.83. The molecule has 1 fully saturated rings. The Morgan fingerprint density at radius 3 is 2.95 bits per heavy atom. The van der Waals surface area contributed by atoms with E-state index in [1.165, 1.54) is 0 Å². The van der Waals surface area contributed by atoms with Crippen molar-refractivity contribution in [2.45, 2.75) is 43.5 Å². The number of hydrogen-bond acceptors (Lipinski definition) is 5. The summed E-state index contributed by atoms with van der Waals surface area (Å²) in [5, 5.41) is 9.95. The highest BCUT2D eigenvalue weighted by Crippen LogP contribution is 2.32. The third-order valence-corrected chi connectivity index (χ3v) is 6.92. The summed E-state index contributed by atoms with van der Waals surface area (Å²) in [6.07, 6.45) is 2.44. The van der Waals surface area contributed by atoms with Crippen LogP contribution < -0.4 is 5.32 Å². The van der Waals surface area contributed by atoms with Crippen LogP contribution in [-0.2, 0) is 16.6 Å². The summed E-state index contributed by atoms with van der Waals surface area (Å²) in [6.45, 7) is 8.73.